The highest BCUT2D eigenvalue weighted by molar-refractivity contribution is 7.54. The molecule has 0 heterocycles. The van der Waals surface area contributed by atoms with Crippen LogP contribution >= 0.6 is 7.60 Å². The third-order valence-corrected chi connectivity index (χ3v) is 4.92. The number of nitrogens with zero attached hydrogens (tertiary/aromatic N) is 2. The SMILES string of the molecule is N#CCN(CP(=O)(Oc1ccc(F)cc1)Oc1ccc(F)cc1)C(=O)C(F)(F)F. The average Bonchev–Trinajstić information content (AvgIpc) is 2.64. The third-order valence-electron chi connectivity index (χ3n) is 3.25. The molecular formula is C17H12F5N2O4P. The van der Waals surface area contributed by atoms with Crippen molar-refractivity contribution in [2.75, 3.05) is 12.8 Å². The minimum absolute atomic E-state index is 0.0478. The van der Waals surface area contributed by atoms with E-state index in [2.05, 4.69) is 0 Å². The monoisotopic (exact) mass is 434 g/mol. The van der Waals surface area contributed by atoms with Gasteiger partial charge in [0.15, 0.2) is 0 Å². The van der Waals surface area contributed by atoms with Crippen LogP contribution in [0.4, 0.5) is 22.0 Å². The van der Waals surface area contributed by atoms with Gasteiger partial charge in [0, 0.05) is 0 Å². The summed E-state index contributed by atoms with van der Waals surface area (Å²) in [6, 6.07) is 9.26. The van der Waals surface area contributed by atoms with Crippen LogP contribution in [0.2, 0.25) is 0 Å². The molecule has 0 spiro atoms. The molecule has 2 aromatic carbocycles. The van der Waals surface area contributed by atoms with E-state index < -0.39 is 44.1 Å². The molecule has 0 fully saturated rings. The van der Waals surface area contributed by atoms with E-state index in [1.54, 1.807) is 0 Å². The Morgan fingerprint density at radius 2 is 1.38 bits per heavy atom. The van der Waals surface area contributed by atoms with E-state index in [0.717, 1.165) is 48.5 Å². The normalized spacial score (nSPS) is 11.4. The summed E-state index contributed by atoms with van der Waals surface area (Å²) in [6.45, 7) is -1.05. The molecule has 2 aromatic rings. The third kappa shape index (κ3) is 6.47. The van der Waals surface area contributed by atoms with Gasteiger partial charge in [-0.1, -0.05) is 0 Å². The molecule has 154 valence electrons. The summed E-state index contributed by atoms with van der Waals surface area (Å²) in [5.41, 5.74) is 0. The van der Waals surface area contributed by atoms with Crippen molar-refractivity contribution in [1.29, 1.82) is 5.26 Å². The van der Waals surface area contributed by atoms with Crippen molar-refractivity contribution in [3.63, 3.8) is 0 Å². The fraction of sp³-hybridized carbons (Fsp3) is 0.176. The van der Waals surface area contributed by atoms with Gasteiger partial charge >= 0.3 is 19.7 Å². The van der Waals surface area contributed by atoms with Crippen molar-refractivity contribution in [2.45, 2.75) is 6.18 Å². The zero-order valence-electron chi connectivity index (χ0n) is 14.4. The fourth-order valence-corrected chi connectivity index (χ4v) is 3.73. The minimum atomic E-state index is -5.34. The number of hydrogen-bond donors (Lipinski definition) is 0. The molecule has 12 heteroatoms. The van der Waals surface area contributed by atoms with Gasteiger partial charge in [-0.25, -0.2) is 13.3 Å². The molecule has 0 radical (unpaired) electrons. The Bertz CT molecular complexity index is 891. The first-order valence-electron chi connectivity index (χ1n) is 7.75. The van der Waals surface area contributed by atoms with Gasteiger partial charge in [0.25, 0.3) is 0 Å². The van der Waals surface area contributed by atoms with Gasteiger partial charge in [-0.15, -0.1) is 0 Å². The molecule has 2 rings (SSSR count). The van der Waals surface area contributed by atoms with E-state index in [1.165, 1.54) is 6.07 Å². The van der Waals surface area contributed by atoms with Crippen molar-refractivity contribution in [1.82, 2.24) is 4.90 Å². The van der Waals surface area contributed by atoms with Crippen molar-refractivity contribution >= 4 is 13.5 Å². The summed E-state index contributed by atoms with van der Waals surface area (Å²) < 4.78 is 87.9. The first-order chi connectivity index (χ1) is 13.5. The lowest BCUT2D eigenvalue weighted by Crippen LogP contribution is -2.42. The number of carbonyl (C=O) groups is 1. The molecule has 0 unspecified atom stereocenters. The molecule has 0 aliphatic heterocycles. The average molecular weight is 434 g/mol. The number of nitriles is 1. The standard InChI is InChI=1S/C17H12F5N2O4P/c18-12-1-5-14(6-2-12)27-29(26,28-15-7-3-13(19)4-8-15)11-24(10-9-23)16(25)17(20,21)22/h1-8H,10-11H2. The van der Waals surface area contributed by atoms with Crippen LogP contribution in [0.15, 0.2) is 48.5 Å². The van der Waals surface area contributed by atoms with Gasteiger partial charge in [0.05, 0.1) is 6.07 Å². The predicted octanol–water partition coefficient (Wildman–Crippen LogP) is 4.49. The summed E-state index contributed by atoms with van der Waals surface area (Å²) in [5.74, 6) is -4.21. The summed E-state index contributed by atoms with van der Waals surface area (Å²) in [5, 5.41) is 8.72. The highest BCUT2D eigenvalue weighted by Crippen LogP contribution is 2.49. The second-order valence-corrected chi connectivity index (χ2v) is 7.37. The number of amides is 1. The Morgan fingerprint density at radius 3 is 1.72 bits per heavy atom. The van der Waals surface area contributed by atoms with E-state index in [9.17, 15) is 31.3 Å². The molecule has 0 N–H and O–H groups in total. The molecule has 1 amide bonds. The largest absolute Gasteiger partial charge is 0.471 e. The van der Waals surface area contributed by atoms with Gasteiger partial charge < -0.3 is 13.9 Å². The van der Waals surface area contributed by atoms with Crippen molar-refractivity contribution in [3.8, 4) is 17.6 Å². The van der Waals surface area contributed by atoms with Gasteiger partial charge in [-0.3, -0.25) is 4.79 Å². The van der Waals surface area contributed by atoms with Crippen LogP contribution < -0.4 is 9.05 Å². The second kappa shape index (κ2) is 8.92. The van der Waals surface area contributed by atoms with Crippen LogP contribution in [0.1, 0.15) is 0 Å². The Labute approximate surface area is 161 Å². The summed E-state index contributed by atoms with van der Waals surface area (Å²) in [7, 11) is -4.59. The van der Waals surface area contributed by atoms with Crippen LogP contribution in [0, 0.1) is 23.0 Å². The van der Waals surface area contributed by atoms with E-state index in [-0.39, 0.29) is 16.4 Å². The highest BCUT2D eigenvalue weighted by Gasteiger charge is 2.45. The molecule has 0 aliphatic rings. The summed E-state index contributed by atoms with van der Waals surface area (Å²) in [4.78, 5) is 11.5. The van der Waals surface area contributed by atoms with Crippen LogP contribution in [0.5, 0.6) is 11.5 Å². The number of benzene rings is 2. The van der Waals surface area contributed by atoms with E-state index in [4.69, 9.17) is 14.3 Å². The first kappa shape index (κ1) is 22.2. The maximum absolute atomic E-state index is 13.1. The molecule has 0 bridgehead atoms. The van der Waals surface area contributed by atoms with Crippen molar-refractivity contribution in [3.05, 3.63) is 60.2 Å². The minimum Gasteiger partial charge on any atom is -0.415 e. The lowest BCUT2D eigenvalue weighted by atomic mass is 10.3. The molecule has 0 saturated heterocycles. The zero-order chi connectivity index (χ0) is 21.7. The number of alkyl halides is 3. The zero-order valence-corrected chi connectivity index (χ0v) is 15.3. The molecule has 29 heavy (non-hydrogen) atoms. The van der Waals surface area contributed by atoms with Crippen LogP contribution in [-0.2, 0) is 9.36 Å². The number of rotatable bonds is 7. The molecule has 0 saturated carbocycles. The maximum Gasteiger partial charge on any atom is 0.471 e. The Morgan fingerprint density at radius 1 is 0.966 bits per heavy atom. The lowest BCUT2D eigenvalue weighted by molar-refractivity contribution is -0.184. The quantitative estimate of drug-likeness (QED) is 0.365. The fourth-order valence-electron chi connectivity index (χ4n) is 2.05. The van der Waals surface area contributed by atoms with Gasteiger partial charge in [0.2, 0.25) is 0 Å². The Balaban J connectivity index is 2.37. The van der Waals surface area contributed by atoms with Gasteiger partial charge in [0.1, 0.15) is 36.0 Å². The molecule has 0 aromatic heterocycles. The van der Waals surface area contributed by atoms with Crippen LogP contribution in [-0.4, -0.2) is 29.8 Å². The summed E-state index contributed by atoms with van der Waals surface area (Å²) in [6.07, 6.45) is -6.58. The van der Waals surface area contributed by atoms with E-state index >= 15 is 0 Å². The maximum atomic E-state index is 13.1. The molecule has 6 nitrogen and oxygen atoms in total. The van der Waals surface area contributed by atoms with Crippen molar-refractivity contribution < 1.29 is 40.4 Å². The highest BCUT2D eigenvalue weighted by atomic mass is 31.2. The van der Waals surface area contributed by atoms with Crippen molar-refractivity contribution in [2.24, 2.45) is 0 Å². The number of halogens is 5. The first-order valence-corrected chi connectivity index (χ1v) is 9.48. The molecule has 0 aliphatic carbocycles. The second-order valence-electron chi connectivity index (χ2n) is 5.50. The van der Waals surface area contributed by atoms with E-state index in [1.807, 2.05) is 0 Å². The van der Waals surface area contributed by atoms with Gasteiger partial charge in [-0.2, -0.15) is 18.4 Å². The number of hydrogen-bond acceptors (Lipinski definition) is 5. The van der Waals surface area contributed by atoms with Crippen LogP contribution in [0.3, 0.4) is 0 Å². The topological polar surface area (TPSA) is 79.6 Å². The molecular weight excluding hydrogens is 422 g/mol. The van der Waals surface area contributed by atoms with Gasteiger partial charge in [-0.05, 0) is 48.5 Å². The smallest absolute Gasteiger partial charge is 0.415 e. The Hall–Kier alpha value is -3.12. The number of carbonyl (C=O) groups excluding carboxylic acids is 1. The van der Waals surface area contributed by atoms with E-state index in [0.29, 0.717) is 0 Å². The van der Waals surface area contributed by atoms with Crippen LogP contribution in [0.25, 0.3) is 0 Å². The molecule has 0 atom stereocenters. The Kier molecular flexibility index (Phi) is 6.82. The summed E-state index contributed by atoms with van der Waals surface area (Å²) >= 11 is 0. The lowest BCUT2D eigenvalue weighted by Gasteiger charge is -2.26. The predicted molar refractivity (Wildman–Crippen MR) is 89.9 cm³/mol.